The van der Waals surface area contributed by atoms with E-state index in [1.165, 1.54) is 6.07 Å². The van der Waals surface area contributed by atoms with E-state index in [0.717, 1.165) is 12.8 Å². The number of anilines is 1. The molecular formula is C19H22ClFN2O2. The third-order valence-corrected chi connectivity index (χ3v) is 4.12. The minimum atomic E-state index is -0.404. The zero-order valence-electron chi connectivity index (χ0n) is 14.0. The van der Waals surface area contributed by atoms with Crippen LogP contribution in [0, 0.1) is 11.7 Å². The average Bonchev–Trinajstić information content (AvgIpc) is 3.38. The smallest absolute Gasteiger partial charge is 0.251 e. The summed E-state index contributed by atoms with van der Waals surface area (Å²) in [4.78, 5) is 12.2. The van der Waals surface area contributed by atoms with Crippen LogP contribution >= 0.6 is 12.4 Å². The summed E-state index contributed by atoms with van der Waals surface area (Å²) >= 11 is 0. The fourth-order valence-corrected chi connectivity index (χ4v) is 2.44. The topological polar surface area (TPSA) is 64.4 Å². The van der Waals surface area contributed by atoms with Crippen LogP contribution in [0.15, 0.2) is 42.5 Å². The van der Waals surface area contributed by atoms with Gasteiger partial charge in [-0.1, -0.05) is 12.1 Å². The summed E-state index contributed by atoms with van der Waals surface area (Å²) in [5, 5.41) is 2.84. The third kappa shape index (κ3) is 5.10. The highest BCUT2D eigenvalue weighted by molar-refractivity contribution is 5.95. The molecule has 3 rings (SSSR count). The predicted octanol–water partition coefficient (Wildman–Crippen LogP) is 4.11. The van der Waals surface area contributed by atoms with Crippen LogP contribution in [0.5, 0.6) is 5.75 Å². The molecule has 3 N–H and O–H groups in total. The van der Waals surface area contributed by atoms with Gasteiger partial charge in [0.25, 0.3) is 5.91 Å². The van der Waals surface area contributed by atoms with Crippen molar-refractivity contribution in [3.8, 4) is 5.75 Å². The van der Waals surface area contributed by atoms with Gasteiger partial charge in [-0.2, -0.15) is 0 Å². The Kier molecular flexibility index (Phi) is 6.26. The maximum atomic E-state index is 14.1. The van der Waals surface area contributed by atoms with Crippen LogP contribution in [-0.4, -0.2) is 12.5 Å². The van der Waals surface area contributed by atoms with Crippen molar-refractivity contribution in [3.05, 3.63) is 59.4 Å². The van der Waals surface area contributed by atoms with Gasteiger partial charge in [0, 0.05) is 11.3 Å². The number of nitrogens with two attached hydrogens (primary N) is 1. The lowest BCUT2D eigenvalue weighted by Gasteiger charge is -2.16. The average molecular weight is 365 g/mol. The Labute approximate surface area is 153 Å². The van der Waals surface area contributed by atoms with Crippen LogP contribution in [0.1, 0.15) is 41.7 Å². The zero-order valence-corrected chi connectivity index (χ0v) is 14.8. The fraction of sp³-hybridized carbons (Fsp3) is 0.316. The number of amides is 1. The highest BCUT2D eigenvalue weighted by Gasteiger charge is 2.22. The molecule has 0 saturated heterocycles. The molecule has 0 aromatic heterocycles. The van der Waals surface area contributed by atoms with Crippen LogP contribution < -0.4 is 15.8 Å². The zero-order chi connectivity index (χ0) is 17.1. The van der Waals surface area contributed by atoms with Crippen LogP contribution in [-0.2, 0) is 0 Å². The monoisotopic (exact) mass is 364 g/mol. The largest absolute Gasteiger partial charge is 0.490 e. The number of nitrogen functional groups attached to an aromatic ring is 1. The van der Waals surface area contributed by atoms with Crippen molar-refractivity contribution < 1.29 is 13.9 Å². The van der Waals surface area contributed by atoms with Gasteiger partial charge in [-0.25, -0.2) is 4.39 Å². The van der Waals surface area contributed by atoms with Gasteiger partial charge in [0.05, 0.1) is 12.6 Å². The van der Waals surface area contributed by atoms with E-state index in [1.807, 2.05) is 6.92 Å². The molecule has 4 nitrogen and oxygen atoms in total. The lowest BCUT2D eigenvalue weighted by atomic mass is 10.1. The van der Waals surface area contributed by atoms with Crippen molar-refractivity contribution in [2.45, 2.75) is 25.8 Å². The predicted molar refractivity (Wildman–Crippen MR) is 98.6 cm³/mol. The number of hydrogen-bond donors (Lipinski definition) is 2. The fourth-order valence-electron chi connectivity index (χ4n) is 2.44. The number of carbonyl (C=O) groups is 1. The minimum absolute atomic E-state index is 0. The Morgan fingerprint density at radius 3 is 2.72 bits per heavy atom. The van der Waals surface area contributed by atoms with Crippen molar-refractivity contribution in [3.63, 3.8) is 0 Å². The molecule has 1 aliphatic rings. The van der Waals surface area contributed by atoms with E-state index in [4.69, 9.17) is 10.5 Å². The van der Waals surface area contributed by atoms with Gasteiger partial charge in [0.15, 0.2) is 11.6 Å². The Morgan fingerprint density at radius 1 is 1.32 bits per heavy atom. The summed E-state index contributed by atoms with van der Waals surface area (Å²) in [5.74, 6) is 0.183. The SMILES string of the molecule is CC(NC(=O)c1cccc(N)c1)c1ccc(OCC2CC2)c(F)c1.Cl. The summed E-state index contributed by atoms with van der Waals surface area (Å²) in [7, 11) is 0. The molecule has 6 heteroatoms. The molecule has 2 aromatic rings. The van der Waals surface area contributed by atoms with E-state index in [-0.39, 0.29) is 30.1 Å². The second-order valence-corrected chi connectivity index (χ2v) is 6.26. The molecule has 1 unspecified atom stereocenters. The van der Waals surface area contributed by atoms with E-state index in [1.54, 1.807) is 36.4 Å². The molecule has 1 fully saturated rings. The van der Waals surface area contributed by atoms with Crippen molar-refractivity contribution in [2.24, 2.45) is 5.92 Å². The molecular weight excluding hydrogens is 343 g/mol. The first kappa shape index (κ1) is 19.1. The van der Waals surface area contributed by atoms with E-state index < -0.39 is 5.82 Å². The molecule has 1 atom stereocenters. The van der Waals surface area contributed by atoms with Crippen molar-refractivity contribution >= 4 is 24.0 Å². The molecule has 0 radical (unpaired) electrons. The lowest BCUT2D eigenvalue weighted by Crippen LogP contribution is -2.26. The third-order valence-electron chi connectivity index (χ3n) is 4.12. The van der Waals surface area contributed by atoms with Gasteiger partial charge in [-0.3, -0.25) is 4.79 Å². The Hall–Kier alpha value is -2.27. The van der Waals surface area contributed by atoms with E-state index in [9.17, 15) is 9.18 Å². The van der Waals surface area contributed by atoms with Gasteiger partial charge >= 0.3 is 0 Å². The minimum Gasteiger partial charge on any atom is -0.490 e. The number of hydrogen-bond acceptors (Lipinski definition) is 3. The van der Waals surface area contributed by atoms with Crippen molar-refractivity contribution in [1.82, 2.24) is 5.32 Å². The van der Waals surface area contributed by atoms with Crippen molar-refractivity contribution in [1.29, 1.82) is 0 Å². The lowest BCUT2D eigenvalue weighted by molar-refractivity contribution is 0.0940. The number of carbonyl (C=O) groups excluding carboxylic acids is 1. The quantitative estimate of drug-likeness (QED) is 0.758. The van der Waals surface area contributed by atoms with Crippen LogP contribution in [0.3, 0.4) is 0 Å². The number of ether oxygens (including phenoxy) is 1. The molecule has 2 aromatic carbocycles. The summed E-state index contributed by atoms with van der Waals surface area (Å²) < 4.78 is 19.6. The molecule has 0 bridgehead atoms. The highest BCUT2D eigenvalue weighted by atomic mass is 35.5. The summed E-state index contributed by atoms with van der Waals surface area (Å²) in [6.07, 6.45) is 2.32. The van der Waals surface area contributed by atoms with E-state index in [2.05, 4.69) is 5.32 Å². The molecule has 25 heavy (non-hydrogen) atoms. The van der Waals surface area contributed by atoms with Gasteiger partial charge in [-0.15, -0.1) is 12.4 Å². The summed E-state index contributed by atoms with van der Waals surface area (Å²) in [6, 6.07) is 11.2. The van der Waals surface area contributed by atoms with Crippen LogP contribution in [0.4, 0.5) is 10.1 Å². The molecule has 0 heterocycles. The van der Waals surface area contributed by atoms with Crippen LogP contribution in [0.2, 0.25) is 0 Å². The Bertz CT molecular complexity index is 750. The van der Waals surface area contributed by atoms with Gasteiger partial charge in [0.2, 0.25) is 0 Å². The Morgan fingerprint density at radius 2 is 2.08 bits per heavy atom. The first-order chi connectivity index (χ1) is 11.5. The normalized spacial score (nSPS) is 14.3. The molecule has 0 aliphatic heterocycles. The molecule has 1 aliphatic carbocycles. The maximum absolute atomic E-state index is 14.1. The second-order valence-electron chi connectivity index (χ2n) is 6.26. The van der Waals surface area contributed by atoms with Gasteiger partial charge < -0.3 is 15.8 Å². The van der Waals surface area contributed by atoms with Crippen molar-refractivity contribution in [2.75, 3.05) is 12.3 Å². The number of rotatable bonds is 6. The van der Waals surface area contributed by atoms with Gasteiger partial charge in [0.1, 0.15) is 0 Å². The van der Waals surface area contributed by atoms with E-state index >= 15 is 0 Å². The number of halogens is 2. The number of benzene rings is 2. The first-order valence-electron chi connectivity index (χ1n) is 8.11. The standard InChI is InChI=1S/C19H21FN2O2.ClH/c1-12(22-19(23)15-3-2-4-16(21)9-15)14-7-8-18(17(20)10-14)24-11-13-5-6-13;/h2-4,7-10,12-13H,5-6,11,21H2,1H3,(H,22,23);1H. The van der Waals surface area contributed by atoms with Gasteiger partial charge in [-0.05, 0) is 61.6 Å². The Balaban J connectivity index is 0.00000225. The molecule has 1 saturated carbocycles. The molecule has 134 valence electrons. The molecule has 1 amide bonds. The van der Waals surface area contributed by atoms with Crippen LogP contribution in [0.25, 0.3) is 0 Å². The van der Waals surface area contributed by atoms with E-state index in [0.29, 0.717) is 29.3 Å². The number of nitrogens with one attached hydrogen (secondary N) is 1. The summed E-state index contributed by atoms with van der Waals surface area (Å²) in [6.45, 7) is 2.38. The molecule has 0 spiro atoms. The highest BCUT2D eigenvalue weighted by Crippen LogP contribution is 2.30. The first-order valence-corrected chi connectivity index (χ1v) is 8.11. The second kappa shape index (κ2) is 8.21. The maximum Gasteiger partial charge on any atom is 0.251 e. The summed E-state index contributed by atoms with van der Waals surface area (Å²) in [5.41, 5.74) is 7.37.